The third-order valence-electron chi connectivity index (χ3n) is 6.03. The van der Waals surface area contributed by atoms with Crippen molar-refractivity contribution in [1.82, 2.24) is 20.4 Å². The molecule has 1 unspecified atom stereocenters. The second-order valence-electron chi connectivity index (χ2n) is 9.28. The Balaban J connectivity index is 1.76. The van der Waals surface area contributed by atoms with Crippen molar-refractivity contribution in [3.8, 4) is 12.3 Å². The molecule has 1 fully saturated rings. The van der Waals surface area contributed by atoms with Crippen LogP contribution in [0.25, 0.3) is 0 Å². The summed E-state index contributed by atoms with van der Waals surface area (Å²) in [6.07, 6.45) is 6.39. The minimum atomic E-state index is -0.772. The Morgan fingerprint density at radius 1 is 1.33 bits per heavy atom. The smallest absolute Gasteiger partial charge is 0.243 e. The average Bonchev–Trinajstić information content (AvgIpc) is 3.39. The highest BCUT2D eigenvalue weighted by molar-refractivity contribution is 5.91. The monoisotopic (exact) mass is 452 g/mol. The lowest BCUT2D eigenvalue weighted by molar-refractivity contribution is -0.141. The van der Waals surface area contributed by atoms with Crippen LogP contribution >= 0.6 is 0 Å². The number of aliphatic hydroxyl groups excluding tert-OH is 1. The van der Waals surface area contributed by atoms with Crippen molar-refractivity contribution in [3.63, 3.8) is 0 Å². The summed E-state index contributed by atoms with van der Waals surface area (Å²) < 4.78 is 5.51. The molecule has 1 aliphatic heterocycles. The normalized spacial score (nSPS) is 19.1. The number of aliphatic hydroxyl groups is 1. The first-order valence-electron chi connectivity index (χ1n) is 11.3. The summed E-state index contributed by atoms with van der Waals surface area (Å²) in [5, 5.41) is 17.2. The lowest BCUT2D eigenvalue weighted by Gasteiger charge is -2.28. The molecule has 3 rings (SSSR count). The second-order valence-corrected chi connectivity index (χ2v) is 9.28. The van der Waals surface area contributed by atoms with Crippen molar-refractivity contribution in [2.75, 3.05) is 6.54 Å². The molecule has 8 nitrogen and oxygen atoms in total. The predicted molar refractivity (Wildman–Crippen MR) is 123 cm³/mol. The molecular formula is C25H32N4O4. The minimum Gasteiger partial charge on any atom is -0.391 e. The van der Waals surface area contributed by atoms with Gasteiger partial charge in [0, 0.05) is 30.8 Å². The Morgan fingerprint density at radius 2 is 2.06 bits per heavy atom. The molecule has 3 atom stereocenters. The fourth-order valence-corrected chi connectivity index (χ4v) is 4.10. The lowest BCUT2D eigenvalue weighted by Crippen LogP contribution is -2.48. The average molecular weight is 453 g/mol. The second kappa shape index (κ2) is 10.2. The number of carbonyl (C=O) groups excluding carboxylic acids is 2. The van der Waals surface area contributed by atoms with Crippen LogP contribution in [-0.2, 0) is 16.1 Å². The van der Waals surface area contributed by atoms with E-state index in [1.165, 1.54) is 4.90 Å². The van der Waals surface area contributed by atoms with Crippen molar-refractivity contribution in [3.05, 3.63) is 46.6 Å². The van der Waals surface area contributed by atoms with Gasteiger partial charge in [0.2, 0.25) is 11.8 Å². The van der Waals surface area contributed by atoms with E-state index < -0.39 is 18.1 Å². The van der Waals surface area contributed by atoms with E-state index >= 15 is 0 Å². The van der Waals surface area contributed by atoms with Crippen LogP contribution in [0.15, 0.2) is 22.9 Å². The number of carbonyl (C=O) groups is 2. The molecule has 2 aromatic heterocycles. The third kappa shape index (κ3) is 5.42. The number of nitrogens with one attached hydrogen (secondary N) is 1. The van der Waals surface area contributed by atoms with Gasteiger partial charge >= 0.3 is 0 Å². The molecule has 0 aromatic carbocycles. The molecule has 0 saturated carbocycles. The predicted octanol–water partition coefficient (Wildman–Crippen LogP) is 2.50. The topological polar surface area (TPSA) is 109 Å². The standard InChI is InChI=1S/C25H32N4O4/c1-7-17-8-16(6)20(26-11-17)12-27-24(31)21-9-18(30)13-29(21)25(32)23(15(4)5)22-10-19(14(2)3)28-33-22/h1,8,10-11,14-15,18,21,23,30H,9,12-13H2,2-6H3,(H,27,31)/t18-,21+,23?/m1/s1. The van der Waals surface area contributed by atoms with Gasteiger partial charge in [0.1, 0.15) is 17.7 Å². The molecule has 3 heterocycles. The number of likely N-dealkylation sites (tertiary alicyclic amines) is 1. The number of amides is 2. The van der Waals surface area contributed by atoms with Crippen molar-refractivity contribution in [2.24, 2.45) is 5.92 Å². The first-order valence-corrected chi connectivity index (χ1v) is 11.3. The van der Waals surface area contributed by atoms with E-state index in [1.807, 2.05) is 46.8 Å². The van der Waals surface area contributed by atoms with Crippen LogP contribution < -0.4 is 5.32 Å². The van der Waals surface area contributed by atoms with E-state index in [2.05, 4.69) is 21.4 Å². The van der Waals surface area contributed by atoms with E-state index in [4.69, 9.17) is 10.9 Å². The maximum absolute atomic E-state index is 13.5. The molecule has 0 aliphatic carbocycles. The molecule has 2 aromatic rings. The number of β-amino-alcohol motifs (C(OH)–C–C–N with tert-alkyl or cyclic N) is 1. The number of nitrogens with zero attached hydrogens (tertiary/aromatic N) is 3. The summed E-state index contributed by atoms with van der Waals surface area (Å²) in [5.74, 6) is 1.94. The van der Waals surface area contributed by atoms with Gasteiger partial charge < -0.3 is 19.8 Å². The maximum atomic E-state index is 13.5. The first kappa shape index (κ1) is 24.5. The van der Waals surface area contributed by atoms with E-state index in [0.29, 0.717) is 17.0 Å². The quantitative estimate of drug-likeness (QED) is 0.625. The first-order chi connectivity index (χ1) is 15.6. The molecule has 2 amide bonds. The number of aromatic nitrogens is 2. The summed E-state index contributed by atoms with van der Waals surface area (Å²) in [6, 6.07) is 2.87. The number of terminal acetylenes is 1. The van der Waals surface area contributed by atoms with Gasteiger partial charge in [0.25, 0.3) is 0 Å². The van der Waals surface area contributed by atoms with Gasteiger partial charge in [-0.05, 0) is 30.4 Å². The van der Waals surface area contributed by atoms with Crippen LogP contribution in [-0.4, -0.2) is 50.7 Å². The van der Waals surface area contributed by atoms with Crippen LogP contribution in [0.1, 0.15) is 74.2 Å². The molecule has 0 bridgehead atoms. The van der Waals surface area contributed by atoms with Gasteiger partial charge in [-0.1, -0.05) is 38.8 Å². The molecule has 33 heavy (non-hydrogen) atoms. The van der Waals surface area contributed by atoms with Gasteiger partial charge in [-0.3, -0.25) is 14.6 Å². The largest absolute Gasteiger partial charge is 0.391 e. The molecule has 0 spiro atoms. The molecule has 8 heteroatoms. The maximum Gasteiger partial charge on any atom is 0.243 e. The van der Waals surface area contributed by atoms with Crippen LogP contribution in [0, 0.1) is 25.2 Å². The Labute approximate surface area is 194 Å². The number of hydrogen-bond donors (Lipinski definition) is 2. The van der Waals surface area contributed by atoms with Gasteiger partial charge in [-0.25, -0.2) is 0 Å². The highest BCUT2D eigenvalue weighted by atomic mass is 16.5. The zero-order chi connectivity index (χ0) is 24.3. The van der Waals surface area contributed by atoms with Crippen LogP contribution in [0.5, 0.6) is 0 Å². The Morgan fingerprint density at radius 3 is 2.64 bits per heavy atom. The molecule has 176 valence electrons. The summed E-state index contributed by atoms with van der Waals surface area (Å²) in [6.45, 7) is 10.0. The Bertz CT molecular complexity index is 1050. The summed E-state index contributed by atoms with van der Waals surface area (Å²) in [5.41, 5.74) is 3.02. The van der Waals surface area contributed by atoms with Gasteiger partial charge in [-0.2, -0.15) is 0 Å². The van der Waals surface area contributed by atoms with E-state index in [0.717, 1.165) is 11.3 Å². The molecule has 1 aliphatic rings. The third-order valence-corrected chi connectivity index (χ3v) is 6.03. The van der Waals surface area contributed by atoms with Crippen molar-refractivity contribution in [2.45, 2.75) is 71.6 Å². The van der Waals surface area contributed by atoms with Gasteiger partial charge in [0.05, 0.1) is 24.0 Å². The van der Waals surface area contributed by atoms with E-state index in [9.17, 15) is 14.7 Å². The molecule has 1 saturated heterocycles. The highest BCUT2D eigenvalue weighted by Crippen LogP contribution is 2.32. The van der Waals surface area contributed by atoms with Crippen molar-refractivity contribution in [1.29, 1.82) is 0 Å². The van der Waals surface area contributed by atoms with Crippen LogP contribution in [0.3, 0.4) is 0 Å². The Hall–Kier alpha value is -3.18. The number of hydrogen-bond acceptors (Lipinski definition) is 6. The fourth-order valence-electron chi connectivity index (χ4n) is 4.10. The van der Waals surface area contributed by atoms with Gasteiger partial charge in [-0.15, -0.1) is 6.42 Å². The zero-order valence-electron chi connectivity index (χ0n) is 19.8. The molecule has 0 radical (unpaired) electrons. The molecular weight excluding hydrogens is 420 g/mol. The fraction of sp³-hybridized carbons (Fsp3) is 0.520. The Kier molecular flexibility index (Phi) is 7.54. The van der Waals surface area contributed by atoms with Gasteiger partial charge in [0.15, 0.2) is 0 Å². The summed E-state index contributed by atoms with van der Waals surface area (Å²) >= 11 is 0. The van der Waals surface area contributed by atoms with E-state index in [-0.39, 0.29) is 43.2 Å². The minimum absolute atomic E-state index is 0.0755. The van der Waals surface area contributed by atoms with Crippen molar-refractivity contribution < 1.29 is 19.2 Å². The highest BCUT2D eigenvalue weighted by Gasteiger charge is 2.43. The summed E-state index contributed by atoms with van der Waals surface area (Å²) in [4.78, 5) is 32.3. The van der Waals surface area contributed by atoms with Crippen LogP contribution in [0.4, 0.5) is 0 Å². The lowest BCUT2D eigenvalue weighted by atomic mass is 9.90. The van der Waals surface area contributed by atoms with Crippen LogP contribution in [0.2, 0.25) is 0 Å². The SMILES string of the molecule is C#Cc1cnc(CNC(=O)[C@@H]2C[C@@H](O)CN2C(=O)C(c2cc(C(C)C)no2)C(C)C)c(C)c1. The number of pyridine rings is 1. The van der Waals surface area contributed by atoms with E-state index in [1.54, 1.807) is 6.20 Å². The number of rotatable bonds is 7. The zero-order valence-corrected chi connectivity index (χ0v) is 19.8. The molecule has 2 N–H and O–H groups in total. The summed E-state index contributed by atoms with van der Waals surface area (Å²) in [7, 11) is 0. The van der Waals surface area contributed by atoms with Crippen molar-refractivity contribution >= 4 is 11.8 Å². The number of aryl methyl sites for hydroxylation is 1.